The highest BCUT2D eigenvalue weighted by Crippen LogP contribution is 2.19. The Kier molecular flexibility index (Phi) is 7.45. The number of hydrogen-bond donors (Lipinski definition) is 2. The molecule has 0 aliphatic heterocycles. The van der Waals surface area contributed by atoms with Gasteiger partial charge in [0.2, 0.25) is 5.91 Å². The van der Waals surface area contributed by atoms with Crippen LogP contribution in [0.25, 0.3) is 0 Å². The summed E-state index contributed by atoms with van der Waals surface area (Å²) in [6, 6.07) is 11.2. The molecule has 2 aromatic rings. The number of hydrogen-bond acceptors (Lipinski definition) is 4. The quantitative estimate of drug-likeness (QED) is 0.554. The summed E-state index contributed by atoms with van der Waals surface area (Å²) in [6.45, 7) is 0.928. The van der Waals surface area contributed by atoms with Crippen molar-refractivity contribution in [2.75, 3.05) is 18.8 Å². The first kappa shape index (κ1) is 17.8. The predicted molar refractivity (Wildman–Crippen MR) is 96.5 cm³/mol. The molecule has 122 valence electrons. The maximum atomic E-state index is 11.7. The number of rotatable bonds is 8. The van der Waals surface area contributed by atoms with Gasteiger partial charge >= 0.3 is 0 Å². The van der Waals surface area contributed by atoms with Gasteiger partial charge in [-0.05, 0) is 35.7 Å². The molecule has 0 saturated heterocycles. The normalized spacial score (nSPS) is 10.3. The Balaban J connectivity index is 1.55. The molecular weight excluding hydrogens is 352 g/mol. The molecule has 2 amide bonds. The molecule has 0 radical (unpaired) electrons. The third-order valence-corrected chi connectivity index (χ3v) is 5.02. The number of halogens is 1. The Morgan fingerprint density at radius 1 is 1.09 bits per heavy atom. The third kappa shape index (κ3) is 6.64. The molecule has 1 aromatic carbocycles. The lowest BCUT2D eigenvalue weighted by Crippen LogP contribution is -2.31. The number of nitrogens with one attached hydrogen (secondary N) is 2. The largest absolute Gasteiger partial charge is 0.355 e. The van der Waals surface area contributed by atoms with Crippen molar-refractivity contribution < 1.29 is 9.59 Å². The van der Waals surface area contributed by atoms with E-state index < -0.39 is 0 Å². The third-order valence-electron chi connectivity index (χ3n) is 2.89. The number of thioether (sulfide) groups is 1. The Bertz CT molecular complexity index is 630. The van der Waals surface area contributed by atoms with Crippen LogP contribution in [0.3, 0.4) is 0 Å². The molecule has 0 spiro atoms. The van der Waals surface area contributed by atoms with Crippen molar-refractivity contribution in [3.8, 4) is 0 Å². The summed E-state index contributed by atoms with van der Waals surface area (Å²) < 4.78 is 0. The molecule has 0 atom stereocenters. The summed E-state index contributed by atoms with van der Waals surface area (Å²) in [5.74, 6) is 0.592. The number of thiophene rings is 1. The van der Waals surface area contributed by atoms with Crippen LogP contribution in [0.2, 0.25) is 5.02 Å². The van der Waals surface area contributed by atoms with E-state index in [1.54, 1.807) is 17.8 Å². The molecule has 1 aromatic heterocycles. The molecule has 2 N–H and O–H groups in total. The second kappa shape index (κ2) is 9.60. The fourth-order valence-corrected chi connectivity index (χ4v) is 3.30. The fourth-order valence-electron chi connectivity index (χ4n) is 1.76. The van der Waals surface area contributed by atoms with Crippen LogP contribution >= 0.6 is 34.7 Å². The molecule has 7 heteroatoms. The first-order chi connectivity index (χ1) is 11.1. The Labute approximate surface area is 148 Å². The van der Waals surface area contributed by atoms with E-state index in [1.165, 1.54) is 11.3 Å². The van der Waals surface area contributed by atoms with Crippen LogP contribution < -0.4 is 10.6 Å². The molecule has 0 aliphatic carbocycles. The molecule has 0 saturated carbocycles. The van der Waals surface area contributed by atoms with Crippen LogP contribution in [0.15, 0.2) is 46.7 Å². The van der Waals surface area contributed by atoms with E-state index in [9.17, 15) is 9.59 Å². The van der Waals surface area contributed by atoms with Crippen molar-refractivity contribution in [2.45, 2.75) is 11.3 Å². The maximum Gasteiger partial charge on any atom is 0.261 e. The number of carbonyl (C=O) groups excluding carboxylic acids is 2. The molecule has 0 aliphatic rings. The van der Waals surface area contributed by atoms with Crippen LogP contribution in [0.1, 0.15) is 16.1 Å². The zero-order valence-electron chi connectivity index (χ0n) is 12.4. The van der Waals surface area contributed by atoms with Gasteiger partial charge in [0.1, 0.15) is 0 Å². The lowest BCUT2D eigenvalue weighted by molar-refractivity contribution is -0.120. The van der Waals surface area contributed by atoms with Crippen molar-refractivity contribution in [3.63, 3.8) is 0 Å². The highest BCUT2D eigenvalue weighted by atomic mass is 35.5. The molecule has 1 heterocycles. The second-order valence-corrected chi connectivity index (χ2v) is 7.19. The summed E-state index contributed by atoms with van der Waals surface area (Å²) in [4.78, 5) is 25.1. The molecule has 0 unspecified atom stereocenters. The van der Waals surface area contributed by atoms with Gasteiger partial charge in [-0.1, -0.05) is 17.7 Å². The van der Waals surface area contributed by atoms with E-state index >= 15 is 0 Å². The van der Waals surface area contributed by atoms with E-state index in [1.807, 2.05) is 35.7 Å². The van der Waals surface area contributed by atoms with Gasteiger partial charge in [-0.15, -0.1) is 23.1 Å². The van der Waals surface area contributed by atoms with E-state index in [0.717, 1.165) is 10.6 Å². The zero-order chi connectivity index (χ0) is 16.5. The fraction of sp³-hybridized carbons (Fsp3) is 0.250. The number of benzene rings is 1. The molecule has 23 heavy (non-hydrogen) atoms. The molecule has 0 fully saturated rings. The molecule has 0 bridgehead atoms. The van der Waals surface area contributed by atoms with Crippen molar-refractivity contribution in [1.29, 1.82) is 0 Å². The van der Waals surface area contributed by atoms with Crippen LogP contribution in [0.5, 0.6) is 0 Å². The minimum Gasteiger partial charge on any atom is -0.355 e. The van der Waals surface area contributed by atoms with Crippen LogP contribution in [-0.4, -0.2) is 30.7 Å². The van der Waals surface area contributed by atoms with Gasteiger partial charge in [0.25, 0.3) is 5.91 Å². The van der Waals surface area contributed by atoms with Gasteiger partial charge in [0.05, 0.1) is 4.88 Å². The van der Waals surface area contributed by atoms with Gasteiger partial charge in [-0.3, -0.25) is 9.59 Å². The summed E-state index contributed by atoms with van der Waals surface area (Å²) in [6.07, 6.45) is 0.280. The number of carbonyl (C=O) groups is 2. The predicted octanol–water partition coefficient (Wildman–Crippen LogP) is 3.43. The highest BCUT2D eigenvalue weighted by Gasteiger charge is 2.07. The van der Waals surface area contributed by atoms with Gasteiger partial charge in [-0.25, -0.2) is 0 Å². The first-order valence-corrected chi connectivity index (χ1v) is 9.36. The summed E-state index contributed by atoms with van der Waals surface area (Å²) in [5.41, 5.74) is 0. The zero-order valence-corrected chi connectivity index (χ0v) is 14.8. The standard InChI is InChI=1S/C16H17ClN2O2S2/c17-12-3-5-13(6-4-12)22-11-9-18-15(20)7-8-19-16(21)14-2-1-10-23-14/h1-6,10H,7-9,11H2,(H,18,20)(H,19,21). The first-order valence-electron chi connectivity index (χ1n) is 7.12. The lowest BCUT2D eigenvalue weighted by atomic mass is 10.3. The van der Waals surface area contributed by atoms with E-state index in [0.29, 0.717) is 23.0 Å². The molecular formula is C16H17ClN2O2S2. The van der Waals surface area contributed by atoms with Crippen molar-refractivity contribution >= 4 is 46.5 Å². The van der Waals surface area contributed by atoms with Crippen LogP contribution in [0, 0.1) is 0 Å². The summed E-state index contributed by atoms with van der Waals surface area (Å²) >= 11 is 8.86. The van der Waals surface area contributed by atoms with Gasteiger partial charge in [-0.2, -0.15) is 0 Å². The van der Waals surface area contributed by atoms with E-state index in [4.69, 9.17) is 11.6 Å². The average Bonchev–Trinajstić information content (AvgIpc) is 3.08. The van der Waals surface area contributed by atoms with Crippen molar-refractivity contribution in [3.05, 3.63) is 51.7 Å². The maximum absolute atomic E-state index is 11.7. The minimum absolute atomic E-state index is 0.0619. The van der Waals surface area contributed by atoms with E-state index in [2.05, 4.69) is 10.6 Å². The van der Waals surface area contributed by atoms with Gasteiger partial charge < -0.3 is 10.6 Å². The highest BCUT2D eigenvalue weighted by molar-refractivity contribution is 7.99. The van der Waals surface area contributed by atoms with Gasteiger partial charge in [0, 0.05) is 35.2 Å². The van der Waals surface area contributed by atoms with E-state index in [-0.39, 0.29) is 18.2 Å². The average molecular weight is 369 g/mol. The minimum atomic E-state index is -0.133. The smallest absolute Gasteiger partial charge is 0.261 e. The topological polar surface area (TPSA) is 58.2 Å². The molecule has 2 rings (SSSR count). The SMILES string of the molecule is O=C(CCNC(=O)c1cccs1)NCCSc1ccc(Cl)cc1. The monoisotopic (exact) mass is 368 g/mol. The van der Waals surface area contributed by atoms with Crippen LogP contribution in [-0.2, 0) is 4.79 Å². The summed E-state index contributed by atoms with van der Waals surface area (Å²) in [5, 5.41) is 8.13. The Hall–Kier alpha value is -1.50. The van der Waals surface area contributed by atoms with Crippen molar-refractivity contribution in [1.82, 2.24) is 10.6 Å². The summed E-state index contributed by atoms with van der Waals surface area (Å²) in [7, 11) is 0. The Morgan fingerprint density at radius 2 is 1.87 bits per heavy atom. The van der Waals surface area contributed by atoms with Crippen LogP contribution in [0.4, 0.5) is 0 Å². The second-order valence-electron chi connectivity index (χ2n) is 4.64. The van der Waals surface area contributed by atoms with Gasteiger partial charge in [0.15, 0.2) is 0 Å². The molecule has 4 nitrogen and oxygen atoms in total. The number of amides is 2. The van der Waals surface area contributed by atoms with Crippen molar-refractivity contribution in [2.24, 2.45) is 0 Å². The Morgan fingerprint density at radius 3 is 2.57 bits per heavy atom. The lowest BCUT2D eigenvalue weighted by Gasteiger charge is -2.06.